The van der Waals surface area contributed by atoms with Gasteiger partial charge in [0.25, 0.3) is 0 Å². The van der Waals surface area contributed by atoms with E-state index in [0.717, 1.165) is 44.2 Å². The molecular formula is C18H27NO3S. The van der Waals surface area contributed by atoms with Crippen LogP contribution in [-0.4, -0.2) is 31.9 Å². The fraction of sp³-hybridized carbons (Fsp3) is 0.667. The van der Waals surface area contributed by atoms with Gasteiger partial charge in [-0.3, -0.25) is 0 Å². The van der Waals surface area contributed by atoms with Gasteiger partial charge in [0.15, 0.2) is 9.84 Å². The van der Waals surface area contributed by atoms with Crippen molar-refractivity contribution in [2.75, 3.05) is 12.3 Å². The lowest BCUT2D eigenvalue weighted by atomic mass is 9.83. The van der Waals surface area contributed by atoms with Gasteiger partial charge in [0.2, 0.25) is 0 Å². The summed E-state index contributed by atoms with van der Waals surface area (Å²) >= 11 is 0. The molecule has 0 radical (unpaired) electrons. The first-order chi connectivity index (χ1) is 11.1. The molecule has 5 heteroatoms. The van der Waals surface area contributed by atoms with Crippen molar-refractivity contribution in [2.45, 2.75) is 62.0 Å². The largest absolute Gasteiger partial charge is 0.393 e. The lowest BCUT2D eigenvalue weighted by Gasteiger charge is -2.29. The second-order valence-electron chi connectivity index (χ2n) is 6.91. The Morgan fingerprint density at radius 3 is 2.74 bits per heavy atom. The van der Waals surface area contributed by atoms with Crippen LogP contribution in [0.3, 0.4) is 0 Å². The Morgan fingerprint density at radius 2 is 1.91 bits per heavy atom. The van der Waals surface area contributed by atoms with Crippen LogP contribution < -0.4 is 5.32 Å². The standard InChI is InChI=1S/C18H27NO3S/c20-17-9-3-1-6-14(17)7-5-12-19-16-11-13-23(21,22)18-10-4-2-8-15(16)18/h2,4,8,10,14,16-17,19-20H,1,3,5-7,9,11-13H2/t14-,16-,17-/m0/s1. The fourth-order valence-electron chi connectivity index (χ4n) is 3.97. The molecule has 23 heavy (non-hydrogen) atoms. The van der Waals surface area contributed by atoms with Crippen molar-refractivity contribution in [1.82, 2.24) is 5.32 Å². The van der Waals surface area contributed by atoms with E-state index >= 15 is 0 Å². The SMILES string of the molecule is O=S1(=O)CC[C@H](NCCC[C@@H]2CCCC[C@@H]2O)c2ccccc21. The van der Waals surface area contributed by atoms with Gasteiger partial charge in [-0.1, -0.05) is 31.0 Å². The monoisotopic (exact) mass is 337 g/mol. The average molecular weight is 337 g/mol. The van der Waals surface area contributed by atoms with E-state index in [1.807, 2.05) is 12.1 Å². The van der Waals surface area contributed by atoms with Crippen molar-refractivity contribution in [3.63, 3.8) is 0 Å². The summed E-state index contributed by atoms with van der Waals surface area (Å²) in [7, 11) is -3.10. The number of sulfone groups is 1. The zero-order valence-corrected chi connectivity index (χ0v) is 14.4. The number of aliphatic hydroxyl groups is 1. The van der Waals surface area contributed by atoms with Crippen molar-refractivity contribution in [3.8, 4) is 0 Å². The Labute approximate surface area is 139 Å². The predicted octanol–water partition coefficient (Wildman–Crippen LogP) is 2.83. The van der Waals surface area contributed by atoms with E-state index in [1.54, 1.807) is 12.1 Å². The summed E-state index contributed by atoms with van der Waals surface area (Å²) in [5.74, 6) is 0.674. The Bertz CT molecular complexity index is 629. The molecule has 3 rings (SSSR count). The molecule has 1 aromatic carbocycles. The first-order valence-electron chi connectivity index (χ1n) is 8.81. The van der Waals surface area contributed by atoms with E-state index in [9.17, 15) is 13.5 Å². The molecule has 0 spiro atoms. The molecule has 1 saturated carbocycles. The lowest BCUT2D eigenvalue weighted by molar-refractivity contribution is 0.0642. The maximum atomic E-state index is 12.1. The number of hydrogen-bond donors (Lipinski definition) is 2. The van der Waals surface area contributed by atoms with Crippen LogP contribution in [0, 0.1) is 5.92 Å². The smallest absolute Gasteiger partial charge is 0.178 e. The van der Waals surface area contributed by atoms with Crippen LogP contribution in [0.15, 0.2) is 29.2 Å². The quantitative estimate of drug-likeness (QED) is 0.811. The van der Waals surface area contributed by atoms with E-state index in [0.29, 0.717) is 17.2 Å². The van der Waals surface area contributed by atoms with Crippen LogP contribution in [0.5, 0.6) is 0 Å². The van der Waals surface area contributed by atoms with Crippen LogP contribution in [0.1, 0.15) is 56.6 Å². The lowest BCUT2D eigenvalue weighted by Crippen LogP contribution is -2.31. The van der Waals surface area contributed by atoms with E-state index < -0.39 is 9.84 Å². The van der Waals surface area contributed by atoms with Gasteiger partial charge in [-0.25, -0.2) is 8.42 Å². The summed E-state index contributed by atoms with van der Waals surface area (Å²) in [6.07, 6.45) is 7.10. The highest BCUT2D eigenvalue weighted by Gasteiger charge is 2.29. The predicted molar refractivity (Wildman–Crippen MR) is 91.1 cm³/mol. The van der Waals surface area contributed by atoms with E-state index in [-0.39, 0.29) is 17.9 Å². The Morgan fingerprint density at radius 1 is 1.13 bits per heavy atom. The minimum atomic E-state index is -3.10. The van der Waals surface area contributed by atoms with Crippen LogP contribution >= 0.6 is 0 Å². The van der Waals surface area contributed by atoms with Gasteiger partial charge in [0.1, 0.15) is 0 Å². The molecule has 2 aliphatic rings. The van der Waals surface area contributed by atoms with Crippen LogP contribution in [0.25, 0.3) is 0 Å². The number of hydrogen-bond acceptors (Lipinski definition) is 4. The van der Waals surface area contributed by atoms with E-state index in [1.165, 1.54) is 6.42 Å². The maximum absolute atomic E-state index is 12.1. The van der Waals surface area contributed by atoms with Gasteiger partial charge < -0.3 is 10.4 Å². The van der Waals surface area contributed by atoms with E-state index in [4.69, 9.17) is 0 Å². The van der Waals surface area contributed by atoms with Crippen LogP contribution in [0.2, 0.25) is 0 Å². The van der Waals surface area contributed by atoms with Crippen molar-refractivity contribution in [1.29, 1.82) is 0 Å². The third-order valence-electron chi connectivity index (χ3n) is 5.32. The Balaban J connectivity index is 1.53. The van der Waals surface area contributed by atoms with Gasteiger partial charge in [0, 0.05) is 6.04 Å². The minimum Gasteiger partial charge on any atom is -0.393 e. The minimum absolute atomic E-state index is 0.121. The van der Waals surface area contributed by atoms with Gasteiger partial charge in [-0.05, 0) is 56.2 Å². The first kappa shape index (κ1) is 16.9. The average Bonchev–Trinajstić information content (AvgIpc) is 2.55. The van der Waals surface area contributed by atoms with Gasteiger partial charge >= 0.3 is 0 Å². The summed E-state index contributed by atoms with van der Waals surface area (Å²) in [6, 6.07) is 7.48. The highest BCUT2D eigenvalue weighted by molar-refractivity contribution is 7.91. The molecule has 0 amide bonds. The molecule has 4 nitrogen and oxygen atoms in total. The molecule has 0 unspecified atom stereocenters. The molecule has 128 valence electrons. The maximum Gasteiger partial charge on any atom is 0.178 e. The molecule has 1 aromatic rings. The highest BCUT2D eigenvalue weighted by atomic mass is 32.2. The zero-order chi connectivity index (χ0) is 16.3. The molecule has 1 aliphatic heterocycles. The molecule has 3 atom stereocenters. The number of benzene rings is 1. The number of nitrogens with one attached hydrogen (secondary N) is 1. The van der Waals surface area contributed by atoms with Gasteiger partial charge in [-0.2, -0.15) is 0 Å². The van der Waals surface area contributed by atoms with E-state index in [2.05, 4.69) is 5.32 Å². The summed E-state index contributed by atoms with van der Waals surface area (Å²) in [5, 5.41) is 13.5. The van der Waals surface area contributed by atoms with Gasteiger partial charge in [-0.15, -0.1) is 0 Å². The number of rotatable bonds is 5. The van der Waals surface area contributed by atoms with Gasteiger partial charge in [0.05, 0.1) is 16.8 Å². The van der Waals surface area contributed by atoms with Crippen molar-refractivity contribution in [2.24, 2.45) is 5.92 Å². The normalized spacial score (nSPS) is 29.9. The van der Waals surface area contributed by atoms with Crippen molar-refractivity contribution < 1.29 is 13.5 Å². The highest BCUT2D eigenvalue weighted by Crippen LogP contribution is 2.32. The zero-order valence-electron chi connectivity index (χ0n) is 13.6. The number of aliphatic hydroxyl groups excluding tert-OH is 1. The molecule has 1 fully saturated rings. The second-order valence-corrected chi connectivity index (χ2v) is 8.98. The second kappa shape index (κ2) is 7.32. The number of fused-ring (bicyclic) bond motifs is 1. The van der Waals surface area contributed by atoms with Crippen molar-refractivity contribution in [3.05, 3.63) is 29.8 Å². The van der Waals surface area contributed by atoms with Crippen LogP contribution in [-0.2, 0) is 9.84 Å². The summed E-state index contributed by atoms with van der Waals surface area (Å²) in [6.45, 7) is 0.877. The van der Waals surface area contributed by atoms with Crippen molar-refractivity contribution >= 4 is 9.84 Å². The fourth-order valence-corrected chi connectivity index (χ4v) is 5.59. The first-order valence-corrected chi connectivity index (χ1v) is 10.5. The molecular weight excluding hydrogens is 310 g/mol. The van der Waals surface area contributed by atoms with Crippen LogP contribution in [0.4, 0.5) is 0 Å². The Hall–Kier alpha value is -0.910. The summed E-state index contributed by atoms with van der Waals surface area (Å²) in [5.41, 5.74) is 0.913. The Kier molecular flexibility index (Phi) is 5.39. The summed E-state index contributed by atoms with van der Waals surface area (Å²) in [4.78, 5) is 0.492. The molecule has 2 N–H and O–H groups in total. The molecule has 0 aromatic heterocycles. The molecule has 0 bridgehead atoms. The summed E-state index contributed by atoms with van der Waals surface area (Å²) < 4.78 is 24.3. The topological polar surface area (TPSA) is 66.4 Å². The third-order valence-corrected chi connectivity index (χ3v) is 7.13. The molecule has 1 aliphatic carbocycles. The third kappa shape index (κ3) is 3.95. The molecule has 1 heterocycles. The molecule has 0 saturated heterocycles.